The largest absolute Gasteiger partial charge is 0.465 e. The zero-order valence-electron chi connectivity index (χ0n) is 17.5. The normalized spacial score (nSPS) is 14.6. The smallest absolute Gasteiger partial charge is 0.338 e. The van der Waals surface area contributed by atoms with Crippen molar-refractivity contribution in [1.29, 1.82) is 5.41 Å². The average Bonchev–Trinajstić information content (AvgIpc) is 3.08. The molecule has 0 aliphatic carbocycles. The van der Waals surface area contributed by atoms with Gasteiger partial charge in [-0.2, -0.15) is 0 Å². The van der Waals surface area contributed by atoms with Gasteiger partial charge in [-0.25, -0.2) is 4.79 Å². The molecule has 1 saturated heterocycles. The fourth-order valence-corrected chi connectivity index (χ4v) is 3.99. The Morgan fingerprint density at radius 3 is 2.23 bits per heavy atom. The third-order valence-electron chi connectivity index (χ3n) is 5.65. The minimum absolute atomic E-state index is 0.0299. The maximum atomic E-state index is 13.1. The van der Waals surface area contributed by atoms with Crippen LogP contribution in [0.25, 0.3) is 11.0 Å². The zero-order valence-corrected chi connectivity index (χ0v) is 17.5. The van der Waals surface area contributed by atoms with E-state index in [0.29, 0.717) is 12.1 Å². The van der Waals surface area contributed by atoms with Gasteiger partial charge in [0.15, 0.2) is 5.78 Å². The third-order valence-corrected chi connectivity index (χ3v) is 5.65. The van der Waals surface area contributed by atoms with E-state index in [0.717, 1.165) is 43.9 Å². The third kappa shape index (κ3) is 4.30. The Balaban J connectivity index is 1.64. The molecule has 0 saturated carbocycles. The number of aromatic nitrogens is 2. The van der Waals surface area contributed by atoms with Gasteiger partial charge in [0, 0.05) is 31.7 Å². The fourth-order valence-electron chi connectivity index (χ4n) is 3.99. The molecule has 31 heavy (non-hydrogen) atoms. The molecule has 3 aromatic rings. The van der Waals surface area contributed by atoms with Gasteiger partial charge in [0.25, 0.3) is 0 Å². The van der Waals surface area contributed by atoms with Gasteiger partial charge in [0.2, 0.25) is 5.62 Å². The minimum Gasteiger partial charge on any atom is -0.465 e. The summed E-state index contributed by atoms with van der Waals surface area (Å²) in [7, 11) is 1.29. The van der Waals surface area contributed by atoms with Crippen molar-refractivity contribution in [1.82, 2.24) is 14.0 Å². The number of esters is 1. The van der Waals surface area contributed by atoms with E-state index in [9.17, 15) is 9.59 Å². The quantitative estimate of drug-likeness (QED) is 0.464. The molecule has 2 heterocycles. The summed E-state index contributed by atoms with van der Waals surface area (Å²) < 4.78 is 13.9. The Hall–Kier alpha value is -3.23. The Morgan fingerprint density at radius 1 is 0.935 bits per heavy atom. The summed E-state index contributed by atoms with van der Waals surface area (Å²) in [5.41, 5.74) is 2.52. The van der Waals surface area contributed by atoms with Crippen LogP contribution in [0.4, 0.5) is 0 Å². The van der Waals surface area contributed by atoms with Crippen LogP contribution in [0.1, 0.15) is 20.7 Å². The number of hydrogen-bond donors (Lipinski definition) is 1. The topological polar surface area (TPSA) is 89.6 Å². The number of ketones is 1. The van der Waals surface area contributed by atoms with Gasteiger partial charge in [-0.1, -0.05) is 30.3 Å². The number of carbonyl (C=O) groups excluding carboxylic acids is 2. The van der Waals surface area contributed by atoms with Gasteiger partial charge in [-0.05, 0) is 18.2 Å². The van der Waals surface area contributed by atoms with Gasteiger partial charge in [0.05, 0.1) is 43.5 Å². The van der Waals surface area contributed by atoms with Crippen molar-refractivity contribution in [2.75, 3.05) is 40.0 Å². The number of morpholine rings is 1. The highest BCUT2D eigenvalue weighted by Gasteiger charge is 2.20. The molecule has 0 unspecified atom stereocenters. The Bertz CT molecular complexity index is 1160. The first-order chi connectivity index (χ1) is 15.1. The lowest BCUT2D eigenvalue weighted by atomic mass is 10.0. The number of imidazole rings is 1. The maximum Gasteiger partial charge on any atom is 0.338 e. The first-order valence-electron chi connectivity index (χ1n) is 10.3. The van der Waals surface area contributed by atoms with E-state index in [1.807, 2.05) is 28.8 Å². The number of nitrogens with zero attached hydrogens (tertiary/aromatic N) is 3. The average molecular weight is 422 g/mol. The summed E-state index contributed by atoms with van der Waals surface area (Å²) in [5, 5.41) is 8.76. The van der Waals surface area contributed by atoms with Gasteiger partial charge >= 0.3 is 5.97 Å². The molecule has 1 fully saturated rings. The molecule has 0 amide bonds. The summed E-state index contributed by atoms with van der Waals surface area (Å²) in [5.74, 6) is -0.788. The highest BCUT2D eigenvalue weighted by Crippen LogP contribution is 2.16. The van der Waals surface area contributed by atoms with E-state index >= 15 is 0 Å². The van der Waals surface area contributed by atoms with Crippen LogP contribution in [0.5, 0.6) is 0 Å². The number of fused-ring (bicyclic) bond motifs is 1. The molecule has 0 bridgehead atoms. The van der Waals surface area contributed by atoms with Crippen molar-refractivity contribution in [3.05, 3.63) is 65.3 Å². The molecule has 1 N–H and O–H groups in total. The zero-order chi connectivity index (χ0) is 21.8. The van der Waals surface area contributed by atoms with E-state index in [1.165, 1.54) is 7.11 Å². The van der Waals surface area contributed by atoms with Crippen molar-refractivity contribution < 1.29 is 19.1 Å². The van der Waals surface area contributed by atoms with Crippen LogP contribution in [-0.4, -0.2) is 65.7 Å². The maximum absolute atomic E-state index is 13.1. The van der Waals surface area contributed by atoms with Crippen LogP contribution in [0.3, 0.4) is 0 Å². The molecule has 0 atom stereocenters. The van der Waals surface area contributed by atoms with Gasteiger partial charge in [0.1, 0.15) is 0 Å². The number of carbonyl (C=O) groups is 2. The van der Waals surface area contributed by atoms with E-state index < -0.39 is 5.97 Å². The fraction of sp³-hybridized carbons (Fsp3) is 0.348. The number of rotatable bonds is 7. The number of hydrogen-bond acceptors (Lipinski definition) is 6. The Kier molecular flexibility index (Phi) is 6.29. The van der Waals surface area contributed by atoms with Crippen LogP contribution in [0.2, 0.25) is 0 Å². The first-order valence-corrected chi connectivity index (χ1v) is 10.3. The second kappa shape index (κ2) is 9.28. The van der Waals surface area contributed by atoms with Crippen molar-refractivity contribution in [2.24, 2.45) is 0 Å². The molecule has 0 spiro atoms. The second-order valence-electron chi connectivity index (χ2n) is 7.46. The summed E-state index contributed by atoms with van der Waals surface area (Å²) in [4.78, 5) is 27.5. The van der Waals surface area contributed by atoms with Crippen molar-refractivity contribution >= 4 is 22.8 Å². The van der Waals surface area contributed by atoms with Crippen molar-refractivity contribution in [3.8, 4) is 0 Å². The van der Waals surface area contributed by atoms with Crippen LogP contribution in [0, 0.1) is 5.41 Å². The second-order valence-corrected chi connectivity index (χ2v) is 7.46. The summed E-state index contributed by atoms with van der Waals surface area (Å²) in [6, 6.07) is 14.3. The molecule has 8 heteroatoms. The molecular weight excluding hydrogens is 396 g/mol. The molecule has 1 aromatic heterocycles. The molecule has 8 nitrogen and oxygen atoms in total. The van der Waals surface area contributed by atoms with E-state index in [1.54, 1.807) is 28.8 Å². The van der Waals surface area contributed by atoms with Crippen LogP contribution < -0.4 is 5.62 Å². The Morgan fingerprint density at radius 2 is 1.55 bits per heavy atom. The van der Waals surface area contributed by atoms with Crippen LogP contribution in [-0.2, 0) is 22.6 Å². The van der Waals surface area contributed by atoms with Crippen LogP contribution >= 0.6 is 0 Å². The number of para-hydroxylation sites is 2. The van der Waals surface area contributed by atoms with Gasteiger partial charge in [-0.15, -0.1) is 0 Å². The van der Waals surface area contributed by atoms with Crippen molar-refractivity contribution in [2.45, 2.75) is 13.1 Å². The molecule has 1 aliphatic rings. The van der Waals surface area contributed by atoms with Gasteiger partial charge in [-0.3, -0.25) is 15.1 Å². The SMILES string of the molecule is COC(=O)c1ccccc1C(=O)Cn1c(=N)n(CCN2CCOCC2)c2ccccc21. The standard InChI is InChI=1S/C23H26N4O4/c1-30-22(29)18-7-3-2-6-17(18)21(28)16-27-20-9-5-4-8-19(20)26(23(27)24)11-10-25-12-14-31-15-13-25/h2-9,24H,10-16H2,1H3. The van der Waals surface area contributed by atoms with Crippen LogP contribution in [0.15, 0.2) is 48.5 Å². The molecule has 2 aromatic carbocycles. The minimum atomic E-state index is -0.548. The lowest BCUT2D eigenvalue weighted by Gasteiger charge is -2.26. The first kappa shape index (κ1) is 21.0. The highest BCUT2D eigenvalue weighted by molar-refractivity contribution is 6.06. The summed E-state index contributed by atoms with van der Waals surface area (Å²) >= 11 is 0. The van der Waals surface area contributed by atoms with Gasteiger partial charge < -0.3 is 18.6 Å². The van der Waals surface area contributed by atoms with E-state index in [4.69, 9.17) is 14.9 Å². The predicted octanol–water partition coefficient (Wildman–Crippen LogP) is 1.92. The van der Waals surface area contributed by atoms with E-state index in [-0.39, 0.29) is 23.5 Å². The monoisotopic (exact) mass is 422 g/mol. The lowest BCUT2D eigenvalue weighted by Crippen LogP contribution is -2.39. The number of ether oxygens (including phenoxy) is 2. The molecule has 4 rings (SSSR count). The molecular formula is C23H26N4O4. The molecule has 0 radical (unpaired) electrons. The summed E-state index contributed by atoms with van der Waals surface area (Å²) in [6.07, 6.45) is 0. The van der Waals surface area contributed by atoms with Crippen molar-refractivity contribution in [3.63, 3.8) is 0 Å². The lowest BCUT2D eigenvalue weighted by molar-refractivity contribution is 0.0363. The molecule has 162 valence electrons. The number of benzene rings is 2. The van der Waals surface area contributed by atoms with E-state index in [2.05, 4.69) is 4.90 Å². The highest BCUT2D eigenvalue weighted by atomic mass is 16.5. The predicted molar refractivity (Wildman–Crippen MR) is 115 cm³/mol. The molecule has 1 aliphatic heterocycles. The summed E-state index contributed by atoms with van der Waals surface area (Å²) in [6.45, 7) is 4.66. The number of nitrogens with one attached hydrogen (secondary N) is 1. The Labute approximate surface area is 180 Å². The number of methoxy groups -OCH3 is 1. The number of Topliss-reactive ketones (excluding diaryl/α,β-unsaturated/α-hetero) is 1.